The molecule has 2 aliphatic heterocycles. The molecule has 4 atom stereocenters. The number of anilines is 1. The number of rotatable bonds is 8. The molecule has 3 aliphatic rings. The van der Waals surface area contributed by atoms with Crippen LogP contribution >= 0.6 is 23.2 Å². The zero-order valence-electron chi connectivity index (χ0n) is 22.4. The molecule has 2 heterocycles. The van der Waals surface area contributed by atoms with Gasteiger partial charge in [0, 0.05) is 67.6 Å². The monoisotopic (exact) mass is 577 g/mol. The second-order valence-corrected chi connectivity index (χ2v) is 11.2. The molecule has 1 aliphatic carbocycles. The predicted octanol–water partition coefficient (Wildman–Crippen LogP) is 3.24. The van der Waals surface area contributed by atoms with Crippen molar-refractivity contribution < 1.29 is 19.4 Å². The molecule has 2 aromatic carbocycles. The summed E-state index contributed by atoms with van der Waals surface area (Å²) in [5.41, 5.74) is 9.29. The topological polar surface area (TPSA) is 98.3 Å². The van der Waals surface area contributed by atoms with E-state index in [0.717, 1.165) is 63.2 Å². The van der Waals surface area contributed by atoms with Crippen LogP contribution in [0.25, 0.3) is 0 Å². The first-order valence-corrected chi connectivity index (χ1v) is 14.3. The van der Waals surface area contributed by atoms with E-state index in [0.29, 0.717) is 27.1 Å². The molecule has 0 aromatic heterocycles. The largest absolute Gasteiger partial charge is 0.495 e. The van der Waals surface area contributed by atoms with Gasteiger partial charge >= 0.3 is 0 Å². The lowest BCUT2D eigenvalue weighted by Crippen LogP contribution is -2.47. The normalized spacial score (nSPS) is 25.3. The summed E-state index contributed by atoms with van der Waals surface area (Å²) in [4.78, 5) is 17.7. The van der Waals surface area contributed by atoms with Crippen molar-refractivity contribution in [3.63, 3.8) is 0 Å². The first-order valence-electron chi connectivity index (χ1n) is 13.5. The van der Waals surface area contributed by atoms with Crippen LogP contribution in [0.2, 0.25) is 10.0 Å². The fourth-order valence-corrected chi connectivity index (χ4v) is 6.96. The number of hydrogen-bond acceptors (Lipinski definition) is 8. The maximum atomic E-state index is 13.1. The van der Waals surface area contributed by atoms with Crippen LogP contribution in [0.3, 0.4) is 0 Å². The van der Waals surface area contributed by atoms with Crippen molar-refractivity contribution in [2.24, 2.45) is 5.92 Å². The predicted molar refractivity (Wildman–Crippen MR) is 153 cm³/mol. The lowest BCUT2D eigenvalue weighted by atomic mass is 9.75. The summed E-state index contributed by atoms with van der Waals surface area (Å²) in [6.07, 6.45) is 2.43. The number of halogens is 2. The number of carbonyl (C=O) groups excluding carboxylic acids is 1. The van der Waals surface area contributed by atoms with Crippen molar-refractivity contribution in [1.29, 1.82) is 0 Å². The third-order valence-corrected chi connectivity index (χ3v) is 9.12. The summed E-state index contributed by atoms with van der Waals surface area (Å²) in [5, 5.41) is 13.4. The summed E-state index contributed by atoms with van der Waals surface area (Å²) in [6, 6.07) is 9.68. The Labute approximate surface area is 239 Å². The van der Waals surface area contributed by atoms with Gasteiger partial charge in [-0.3, -0.25) is 15.1 Å². The van der Waals surface area contributed by atoms with Crippen molar-refractivity contribution >= 4 is 34.8 Å². The Morgan fingerprint density at radius 1 is 1.03 bits per heavy atom. The molecule has 1 amide bonds. The van der Waals surface area contributed by atoms with Gasteiger partial charge < -0.3 is 24.8 Å². The lowest BCUT2D eigenvalue weighted by molar-refractivity contribution is 0.0915. The van der Waals surface area contributed by atoms with Crippen LogP contribution in [-0.4, -0.2) is 81.7 Å². The average molecular weight is 579 g/mol. The molecule has 9 nitrogen and oxygen atoms in total. The third kappa shape index (κ3) is 5.94. The van der Waals surface area contributed by atoms with Crippen LogP contribution in [0.5, 0.6) is 11.5 Å². The highest BCUT2D eigenvalue weighted by Crippen LogP contribution is 2.49. The van der Waals surface area contributed by atoms with Gasteiger partial charge in [-0.1, -0.05) is 23.2 Å². The van der Waals surface area contributed by atoms with E-state index < -0.39 is 0 Å². The van der Waals surface area contributed by atoms with Crippen molar-refractivity contribution in [3.8, 4) is 11.5 Å². The Hall–Kier alpha value is -2.27. The van der Waals surface area contributed by atoms with E-state index in [1.807, 2.05) is 24.3 Å². The Morgan fingerprint density at radius 3 is 2.31 bits per heavy atom. The highest BCUT2D eigenvalue weighted by molar-refractivity contribution is 6.38. The van der Waals surface area contributed by atoms with Crippen molar-refractivity contribution in [2.75, 3.05) is 58.5 Å². The number of nitrogens with zero attached hydrogens (tertiary/aromatic N) is 2. The number of piperazine rings is 1. The number of aliphatic hydroxyl groups excluding tert-OH is 1. The summed E-state index contributed by atoms with van der Waals surface area (Å²) in [7, 11) is 3.17. The molecule has 1 saturated carbocycles. The van der Waals surface area contributed by atoms with Gasteiger partial charge in [0.15, 0.2) is 0 Å². The quantitative estimate of drug-likeness (QED) is 0.379. The highest BCUT2D eigenvalue weighted by atomic mass is 35.5. The molecular weight excluding hydrogens is 541 g/mol. The number of benzene rings is 2. The molecule has 0 radical (unpaired) electrons. The van der Waals surface area contributed by atoms with Crippen LogP contribution in [0.4, 0.5) is 5.69 Å². The molecule has 0 spiro atoms. The summed E-state index contributed by atoms with van der Waals surface area (Å²) in [5.74, 6) is 1.38. The molecule has 39 heavy (non-hydrogen) atoms. The standard InChI is InChI=1S/C28H37Cl2N5O4/c1-38-22-16-23(39-2)26(30)24(25(22)29)18-5-8-20-21(15-18)32-33-27(20)31-28(37)17-3-6-19(7-4-17)35-11-9-34(10-12-35)13-14-36/h3-4,6-7,16,18,20-21,27,32-33,36H,5,8-15H2,1-2H3,(H,31,37). The van der Waals surface area contributed by atoms with Gasteiger partial charge in [0.1, 0.15) is 11.5 Å². The van der Waals surface area contributed by atoms with E-state index in [1.54, 1.807) is 20.3 Å². The van der Waals surface area contributed by atoms with Gasteiger partial charge in [-0.25, -0.2) is 5.43 Å². The van der Waals surface area contributed by atoms with Crippen LogP contribution in [0, 0.1) is 5.92 Å². The number of β-amino-alcohol motifs (C(OH)–C–C–N with tert-alkyl or cyclic N) is 1. The number of ether oxygens (including phenoxy) is 2. The van der Waals surface area contributed by atoms with Crippen molar-refractivity contribution in [1.82, 2.24) is 21.1 Å². The minimum Gasteiger partial charge on any atom is -0.495 e. The van der Waals surface area contributed by atoms with E-state index in [2.05, 4.69) is 26.0 Å². The number of fused-ring (bicyclic) bond motifs is 1. The fraction of sp³-hybridized carbons (Fsp3) is 0.536. The maximum Gasteiger partial charge on any atom is 0.252 e. The van der Waals surface area contributed by atoms with Crippen molar-refractivity contribution in [2.45, 2.75) is 37.4 Å². The first-order chi connectivity index (χ1) is 18.9. The smallest absolute Gasteiger partial charge is 0.252 e. The first kappa shape index (κ1) is 28.3. The van der Waals surface area contributed by atoms with Gasteiger partial charge in [-0.05, 0) is 49.4 Å². The van der Waals surface area contributed by atoms with Gasteiger partial charge in [-0.2, -0.15) is 0 Å². The van der Waals surface area contributed by atoms with Crippen LogP contribution < -0.4 is 30.5 Å². The molecule has 5 rings (SSSR count). The molecule has 11 heteroatoms. The molecule has 212 valence electrons. The van der Waals surface area contributed by atoms with E-state index >= 15 is 0 Å². The molecule has 4 N–H and O–H groups in total. The number of nitrogens with one attached hydrogen (secondary N) is 3. The average Bonchev–Trinajstić information content (AvgIpc) is 3.36. The molecule has 3 fully saturated rings. The number of aliphatic hydroxyl groups is 1. The number of hydrazine groups is 1. The summed E-state index contributed by atoms with van der Waals surface area (Å²) < 4.78 is 10.9. The van der Waals surface area contributed by atoms with Gasteiger partial charge in [-0.15, -0.1) is 0 Å². The SMILES string of the molecule is COc1cc(OC)c(Cl)c(C2CCC3C(C2)NNC3NC(=O)c2ccc(N3CCN(CCO)CC3)cc2)c1Cl. The second-order valence-electron chi connectivity index (χ2n) is 10.4. The Morgan fingerprint density at radius 2 is 1.69 bits per heavy atom. The van der Waals surface area contributed by atoms with E-state index in [1.165, 1.54) is 0 Å². The number of hydrogen-bond donors (Lipinski definition) is 4. The van der Waals surface area contributed by atoms with Gasteiger partial charge in [0.05, 0.1) is 37.0 Å². The zero-order chi connectivity index (χ0) is 27.5. The Bertz CT molecular complexity index is 1130. The van der Waals surface area contributed by atoms with Crippen LogP contribution in [0.15, 0.2) is 30.3 Å². The van der Waals surface area contributed by atoms with Crippen LogP contribution in [0.1, 0.15) is 41.1 Å². The molecule has 4 unspecified atom stereocenters. The second kappa shape index (κ2) is 12.5. The third-order valence-electron chi connectivity index (χ3n) is 8.34. The summed E-state index contributed by atoms with van der Waals surface area (Å²) in [6.45, 7) is 4.58. The highest BCUT2D eigenvalue weighted by Gasteiger charge is 2.42. The van der Waals surface area contributed by atoms with E-state index in [9.17, 15) is 4.79 Å². The molecule has 2 saturated heterocycles. The summed E-state index contributed by atoms with van der Waals surface area (Å²) >= 11 is 13.4. The molecule has 0 bridgehead atoms. The van der Waals surface area contributed by atoms with E-state index in [-0.39, 0.29) is 36.6 Å². The van der Waals surface area contributed by atoms with Gasteiger partial charge in [0.2, 0.25) is 0 Å². The molecular formula is C28H37Cl2N5O4. The molecule has 2 aromatic rings. The lowest BCUT2D eigenvalue weighted by Gasteiger charge is -2.35. The number of carbonyl (C=O) groups is 1. The maximum absolute atomic E-state index is 13.1. The fourth-order valence-electron chi connectivity index (χ4n) is 6.15. The van der Waals surface area contributed by atoms with Gasteiger partial charge in [0.25, 0.3) is 5.91 Å². The number of amides is 1. The van der Waals surface area contributed by atoms with Crippen molar-refractivity contribution in [3.05, 3.63) is 51.5 Å². The number of methoxy groups -OCH3 is 2. The Kier molecular flexibility index (Phi) is 9.06. The Balaban J connectivity index is 1.19. The minimum absolute atomic E-state index is 0.0972. The van der Waals surface area contributed by atoms with Crippen LogP contribution in [-0.2, 0) is 0 Å². The van der Waals surface area contributed by atoms with E-state index in [4.69, 9.17) is 37.8 Å². The minimum atomic E-state index is -0.173. The zero-order valence-corrected chi connectivity index (χ0v) is 23.9.